The van der Waals surface area contributed by atoms with Crippen LogP contribution < -0.4 is 5.32 Å². The van der Waals surface area contributed by atoms with Crippen LogP contribution in [0.2, 0.25) is 0 Å². The van der Waals surface area contributed by atoms with Crippen molar-refractivity contribution >= 4 is 0 Å². The molecule has 1 aromatic rings. The molecule has 0 saturated heterocycles. The number of nitrogens with one attached hydrogen (secondary N) is 1. The van der Waals surface area contributed by atoms with Crippen molar-refractivity contribution in [3.05, 3.63) is 24.8 Å². The number of rotatable bonds is 6. The average Bonchev–Trinajstić information content (AvgIpc) is 2.62. The second kappa shape index (κ2) is 5.54. The second-order valence-corrected chi connectivity index (χ2v) is 3.30. The smallest absolute Gasteiger partial charge is 0.140 e. The predicted molar refractivity (Wildman–Crippen MR) is 56.8 cm³/mol. The molecule has 78 valence electrons. The highest BCUT2D eigenvalue weighted by atomic mass is 15.3. The van der Waals surface area contributed by atoms with Crippen molar-refractivity contribution in [1.82, 2.24) is 20.1 Å². The first-order valence-electron chi connectivity index (χ1n) is 4.98. The van der Waals surface area contributed by atoms with E-state index in [2.05, 4.69) is 35.8 Å². The van der Waals surface area contributed by atoms with Crippen LogP contribution >= 0.6 is 0 Å². The summed E-state index contributed by atoms with van der Waals surface area (Å²) in [5.74, 6) is 0.989. The Hall–Kier alpha value is -1.16. The Morgan fingerprint density at radius 1 is 1.71 bits per heavy atom. The van der Waals surface area contributed by atoms with Crippen molar-refractivity contribution < 1.29 is 0 Å². The van der Waals surface area contributed by atoms with E-state index in [-0.39, 0.29) is 0 Å². The van der Waals surface area contributed by atoms with E-state index < -0.39 is 0 Å². The molecule has 0 spiro atoms. The molecule has 1 atom stereocenters. The van der Waals surface area contributed by atoms with E-state index >= 15 is 0 Å². The summed E-state index contributed by atoms with van der Waals surface area (Å²) in [6, 6.07) is 0.439. The third kappa shape index (κ3) is 2.96. The zero-order chi connectivity index (χ0) is 10.4. The van der Waals surface area contributed by atoms with Gasteiger partial charge in [0.2, 0.25) is 0 Å². The summed E-state index contributed by atoms with van der Waals surface area (Å²) in [6.45, 7) is 9.53. The number of hydrogen-bond acceptors (Lipinski definition) is 3. The molecule has 0 aliphatic carbocycles. The number of nitrogens with zero attached hydrogens (tertiary/aromatic N) is 3. The molecule has 4 nitrogen and oxygen atoms in total. The monoisotopic (exact) mass is 194 g/mol. The lowest BCUT2D eigenvalue weighted by Gasteiger charge is -2.11. The summed E-state index contributed by atoms with van der Waals surface area (Å²) in [4.78, 5) is 4.18. The zero-order valence-electron chi connectivity index (χ0n) is 8.90. The maximum absolute atomic E-state index is 4.18. The molecule has 0 aromatic carbocycles. The van der Waals surface area contributed by atoms with E-state index in [0.29, 0.717) is 6.04 Å². The highest BCUT2D eigenvalue weighted by Gasteiger charge is 2.03. The molecule has 0 radical (unpaired) electrons. The molecule has 0 amide bonds. The van der Waals surface area contributed by atoms with Gasteiger partial charge in [-0.2, -0.15) is 5.10 Å². The summed E-state index contributed by atoms with van der Waals surface area (Å²) in [5, 5.41) is 7.47. The quantitative estimate of drug-likeness (QED) is 0.695. The molecule has 1 heterocycles. The van der Waals surface area contributed by atoms with Gasteiger partial charge in [-0.25, -0.2) is 9.67 Å². The summed E-state index contributed by atoms with van der Waals surface area (Å²) in [6.07, 6.45) is 4.49. The fourth-order valence-electron chi connectivity index (χ4n) is 1.29. The van der Waals surface area contributed by atoms with Gasteiger partial charge in [0, 0.05) is 12.6 Å². The minimum atomic E-state index is 0.439. The number of hydrogen-bond donors (Lipinski definition) is 1. The molecule has 14 heavy (non-hydrogen) atoms. The van der Waals surface area contributed by atoms with Crippen molar-refractivity contribution in [3.63, 3.8) is 0 Å². The van der Waals surface area contributed by atoms with E-state index in [4.69, 9.17) is 0 Å². The topological polar surface area (TPSA) is 42.7 Å². The highest BCUT2D eigenvalue weighted by Crippen LogP contribution is 1.96. The summed E-state index contributed by atoms with van der Waals surface area (Å²) in [7, 11) is 0. The summed E-state index contributed by atoms with van der Waals surface area (Å²) < 4.78 is 1.90. The van der Waals surface area contributed by atoms with Crippen molar-refractivity contribution in [3.8, 4) is 0 Å². The van der Waals surface area contributed by atoms with Crippen LogP contribution in [0.3, 0.4) is 0 Å². The van der Waals surface area contributed by atoms with Crippen LogP contribution in [0.25, 0.3) is 0 Å². The minimum Gasteiger partial charge on any atom is -0.307 e. The van der Waals surface area contributed by atoms with E-state index in [9.17, 15) is 0 Å². The average molecular weight is 194 g/mol. The molecule has 0 fully saturated rings. The lowest BCUT2D eigenvalue weighted by molar-refractivity contribution is 0.512. The van der Waals surface area contributed by atoms with Crippen molar-refractivity contribution in [2.45, 2.75) is 39.4 Å². The molecular weight excluding hydrogens is 176 g/mol. The van der Waals surface area contributed by atoms with Gasteiger partial charge < -0.3 is 5.32 Å². The molecule has 0 aliphatic heterocycles. The van der Waals surface area contributed by atoms with Crippen LogP contribution in [-0.4, -0.2) is 20.8 Å². The van der Waals surface area contributed by atoms with Crippen LogP contribution in [0, 0.1) is 0 Å². The first kappa shape index (κ1) is 10.9. The molecule has 0 bridgehead atoms. The van der Waals surface area contributed by atoms with Crippen LogP contribution in [0.15, 0.2) is 19.0 Å². The fraction of sp³-hybridized carbons (Fsp3) is 0.600. The molecule has 0 saturated carbocycles. The van der Waals surface area contributed by atoms with Crippen molar-refractivity contribution in [1.29, 1.82) is 0 Å². The van der Waals surface area contributed by atoms with E-state index in [0.717, 1.165) is 25.3 Å². The van der Waals surface area contributed by atoms with Gasteiger partial charge in [0.15, 0.2) is 0 Å². The van der Waals surface area contributed by atoms with E-state index in [1.807, 2.05) is 10.8 Å². The Balaban J connectivity index is 2.40. The summed E-state index contributed by atoms with van der Waals surface area (Å²) >= 11 is 0. The predicted octanol–water partition coefficient (Wildman–Crippen LogP) is 1.35. The SMILES string of the molecule is C=CCC(C)NCc1ncnn1CC. The molecule has 4 heteroatoms. The second-order valence-electron chi connectivity index (χ2n) is 3.30. The van der Waals surface area contributed by atoms with Gasteiger partial charge in [-0.1, -0.05) is 6.08 Å². The summed E-state index contributed by atoms with van der Waals surface area (Å²) in [5.41, 5.74) is 0. The van der Waals surface area contributed by atoms with Gasteiger partial charge in [-0.3, -0.25) is 0 Å². The molecule has 1 N–H and O–H groups in total. The molecule has 1 unspecified atom stereocenters. The first-order chi connectivity index (χ1) is 6.77. The maximum atomic E-state index is 4.18. The van der Waals surface area contributed by atoms with E-state index in [1.165, 1.54) is 0 Å². The van der Waals surface area contributed by atoms with Gasteiger partial charge in [-0.15, -0.1) is 6.58 Å². The Morgan fingerprint density at radius 3 is 3.14 bits per heavy atom. The zero-order valence-corrected chi connectivity index (χ0v) is 8.90. The lowest BCUT2D eigenvalue weighted by Crippen LogP contribution is -2.26. The van der Waals surface area contributed by atoms with Crippen LogP contribution in [0.1, 0.15) is 26.1 Å². The molecule has 1 rings (SSSR count). The normalized spacial score (nSPS) is 12.7. The Kier molecular flexibility index (Phi) is 4.32. The van der Waals surface area contributed by atoms with Crippen LogP contribution in [0.4, 0.5) is 0 Å². The molecule has 0 aliphatic rings. The number of aromatic nitrogens is 3. The van der Waals surface area contributed by atoms with Gasteiger partial charge in [-0.05, 0) is 20.3 Å². The van der Waals surface area contributed by atoms with Crippen LogP contribution in [0.5, 0.6) is 0 Å². The standard InChI is InChI=1S/C10H18N4/c1-4-6-9(3)11-7-10-12-8-13-14(10)5-2/h4,8-9,11H,1,5-7H2,2-3H3. The maximum Gasteiger partial charge on any atom is 0.140 e. The molecular formula is C10H18N4. The van der Waals surface area contributed by atoms with Crippen molar-refractivity contribution in [2.75, 3.05) is 0 Å². The molecule has 1 aromatic heterocycles. The first-order valence-corrected chi connectivity index (χ1v) is 4.98. The van der Waals surface area contributed by atoms with Gasteiger partial charge >= 0.3 is 0 Å². The Morgan fingerprint density at radius 2 is 2.50 bits per heavy atom. The Bertz CT molecular complexity index is 279. The van der Waals surface area contributed by atoms with Crippen LogP contribution in [-0.2, 0) is 13.1 Å². The highest BCUT2D eigenvalue weighted by molar-refractivity contribution is 4.85. The minimum absolute atomic E-state index is 0.439. The number of aryl methyl sites for hydroxylation is 1. The lowest BCUT2D eigenvalue weighted by atomic mass is 10.2. The fourth-order valence-corrected chi connectivity index (χ4v) is 1.29. The Labute approximate surface area is 85.0 Å². The van der Waals surface area contributed by atoms with E-state index in [1.54, 1.807) is 6.33 Å². The van der Waals surface area contributed by atoms with Gasteiger partial charge in [0.1, 0.15) is 12.2 Å². The largest absolute Gasteiger partial charge is 0.307 e. The van der Waals surface area contributed by atoms with Gasteiger partial charge in [0.05, 0.1) is 6.54 Å². The third-order valence-electron chi connectivity index (χ3n) is 2.12. The third-order valence-corrected chi connectivity index (χ3v) is 2.12. The van der Waals surface area contributed by atoms with Crippen molar-refractivity contribution in [2.24, 2.45) is 0 Å². The van der Waals surface area contributed by atoms with Gasteiger partial charge in [0.25, 0.3) is 0 Å².